The van der Waals surface area contributed by atoms with Gasteiger partial charge in [0.1, 0.15) is 11.5 Å². The standard InChI is InChI=1S/C28H26FN3O2S/c29-20-10-12-26-21(18-20)22(15-17-35-26)31-27(33)13-11-24-28(34)32(16-14-19-6-2-1-3-7-19)25-9-5-4-8-23(25)30-24/h1-10,12,18,22H,11,13-17H2,(H,31,33). The topological polar surface area (TPSA) is 64.0 Å². The van der Waals surface area contributed by atoms with Gasteiger partial charge in [-0.3, -0.25) is 9.59 Å². The van der Waals surface area contributed by atoms with Crippen LogP contribution in [-0.2, 0) is 24.2 Å². The lowest BCUT2D eigenvalue weighted by Crippen LogP contribution is -2.32. The number of carbonyl (C=O) groups is 1. The SMILES string of the molecule is O=C(CCc1nc2ccccc2n(CCc2ccccc2)c1=O)NC1CCSc2ccc(F)cc21. The van der Waals surface area contributed by atoms with Crippen molar-refractivity contribution >= 4 is 28.7 Å². The van der Waals surface area contributed by atoms with E-state index in [1.54, 1.807) is 22.4 Å². The van der Waals surface area contributed by atoms with Crippen LogP contribution in [0.25, 0.3) is 11.0 Å². The predicted octanol–water partition coefficient (Wildman–Crippen LogP) is 5.06. The fourth-order valence-electron chi connectivity index (χ4n) is 4.53. The molecule has 0 saturated carbocycles. The van der Waals surface area contributed by atoms with Crippen molar-refractivity contribution in [2.45, 2.75) is 43.2 Å². The zero-order valence-electron chi connectivity index (χ0n) is 19.2. The van der Waals surface area contributed by atoms with Crippen LogP contribution in [0.5, 0.6) is 0 Å². The highest BCUT2D eigenvalue weighted by molar-refractivity contribution is 7.99. The second-order valence-electron chi connectivity index (χ2n) is 8.68. The van der Waals surface area contributed by atoms with Crippen LogP contribution < -0.4 is 10.9 Å². The van der Waals surface area contributed by atoms with Crippen molar-refractivity contribution in [3.8, 4) is 0 Å². The van der Waals surface area contributed by atoms with Gasteiger partial charge in [0.15, 0.2) is 0 Å². The molecular formula is C28H26FN3O2S. The fraction of sp³-hybridized carbons (Fsp3) is 0.250. The lowest BCUT2D eigenvalue weighted by atomic mass is 10.0. The number of nitrogens with zero attached hydrogens (tertiary/aromatic N) is 2. The third-order valence-corrected chi connectivity index (χ3v) is 7.44. The summed E-state index contributed by atoms with van der Waals surface area (Å²) >= 11 is 1.67. The van der Waals surface area contributed by atoms with E-state index in [4.69, 9.17) is 0 Å². The molecule has 0 spiro atoms. The first kappa shape index (κ1) is 23.3. The molecule has 1 aliphatic rings. The average molecular weight is 488 g/mol. The Kier molecular flexibility index (Phi) is 6.95. The van der Waals surface area contributed by atoms with E-state index in [9.17, 15) is 14.0 Å². The maximum absolute atomic E-state index is 13.8. The van der Waals surface area contributed by atoms with Crippen LogP contribution in [0, 0.1) is 5.82 Å². The number of benzene rings is 3. The molecule has 7 heteroatoms. The minimum Gasteiger partial charge on any atom is -0.349 e. The molecule has 2 heterocycles. The number of thioether (sulfide) groups is 1. The number of aryl methyl sites for hydroxylation is 3. The Hall–Kier alpha value is -3.45. The summed E-state index contributed by atoms with van der Waals surface area (Å²) < 4.78 is 15.6. The summed E-state index contributed by atoms with van der Waals surface area (Å²) in [7, 11) is 0. The highest BCUT2D eigenvalue weighted by Crippen LogP contribution is 2.36. The molecule has 35 heavy (non-hydrogen) atoms. The van der Waals surface area contributed by atoms with Gasteiger partial charge in [-0.05, 0) is 54.3 Å². The number of carbonyl (C=O) groups excluding carboxylic acids is 1. The summed E-state index contributed by atoms with van der Waals surface area (Å²) in [5.41, 5.74) is 3.74. The maximum atomic E-state index is 13.8. The molecule has 0 bridgehead atoms. The van der Waals surface area contributed by atoms with Gasteiger partial charge in [-0.1, -0.05) is 42.5 Å². The minimum atomic E-state index is -0.304. The van der Waals surface area contributed by atoms with E-state index in [2.05, 4.69) is 10.3 Å². The summed E-state index contributed by atoms with van der Waals surface area (Å²) in [5.74, 6) is 0.395. The molecule has 1 unspecified atom stereocenters. The summed E-state index contributed by atoms with van der Waals surface area (Å²) in [6.07, 6.45) is 1.86. The maximum Gasteiger partial charge on any atom is 0.272 e. The van der Waals surface area contributed by atoms with Gasteiger partial charge in [0.25, 0.3) is 5.56 Å². The number of amides is 1. The average Bonchev–Trinajstić information content (AvgIpc) is 2.88. The molecule has 178 valence electrons. The van der Waals surface area contributed by atoms with E-state index in [1.165, 1.54) is 12.1 Å². The quantitative estimate of drug-likeness (QED) is 0.396. The first-order valence-electron chi connectivity index (χ1n) is 11.8. The number of para-hydroxylation sites is 2. The minimum absolute atomic E-state index is 0.146. The van der Waals surface area contributed by atoms with Crippen molar-refractivity contribution in [1.82, 2.24) is 14.9 Å². The third-order valence-electron chi connectivity index (χ3n) is 6.32. The van der Waals surface area contributed by atoms with Crippen molar-refractivity contribution in [2.75, 3.05) is 5.75 Å². The number of halogens is 1. The van der Waals surface area contributed by atoms with Gasteiger partial charge in [-0.15, -0.1) is 11.8 Å². The molecule has 3 aromatic carbocycles. The van der Waals surface area contributed by atoms with Crippen molar-refractivity contribution in [3.05, 3.63) is 106 Å². The Morgan fingerprint density at radius 2 is 1.86 bits per heavy atom. The molecule has 1 amide bonds. The number of fused-ring (bicyclic) bond motifs is 2. The molecule has 1 atom stereocenters. The number of rotatable bonds is 7. The number of aromatic nitrogens is 2. The summed E-state index contributed by atoms with van der Waals surface area (Å²) in [4.78, 5) is 31.7. The van der Waals surface area contributed by atoms with E-state index in [-0.39, 0.29) is 36.2 Å². The highest BCUT2D eigenvalue weighted by atomic mass is 32.2. The van der Waals surface area contributed by atoms with E-state index in [0.29, 0.717) is 12.2 Å². The van der Waals surface area contributed by atoms with Crippen molar-refractivity contribution in [1.29, 1.82) is 0 Å². The van der Waals surface area contributed by atoms with Crippen LogP contribution in [-0.4, -0.2) is 21.2 Å². The van der Waals surface area contributed by atoms with Gasteiger partial charge in [-0.2, -0.15) is 0 Å². The van der Waals surface area contributed by atoms with Crippen molar-refractivity contribution in [3.63, 3.8) is 0 Å². The van der Waals surface area contributed by atoms with Gasteiger partial charge in [0.05, 0.1) is 17.1 Å². The zero-order chi connectivity index (χ0) is 24.2. The van der Waals surface area contributed by atoms with Gasteiger partial charge in [0, 0.05) is 30.0 Å². The molecule has 1 N–H and O–H groups in total. The summed E-state index contributed by atoms with van der Waals surface area (Å²) in [5, 5.41) is 3.03. The van der Waals surface area contributed by atoms with Crippen LogP contribution in [0.4, 0.5) is 4.39 Å². The number of hydrogen-bond donors (Lipinski definition) is 1. The van der Waals surface area contributed by atoms with Crippen LogP contribution in [0.15, 0.2) is 82.5 Å². The second kappa shape index (κ2) is 10.4. The Labute approximate surface area is 207 Å². The number of hydrogen-bond acceptors (Lipinski definition) is 4. The monoisotopic (exact) mass is 487 g/mol. The molecule has 0 aliphatic carbocycles. The normalized spacial score (nSPS) is 15.1. The molecule has 5 nitrogen and oxygen atoms in total. The van der Waals surface area contributed by atoms with Gasteiger partial charge < -0.3 is 9.88 Å². The molecule has 1 aliphatic heterocycles. The van der Waals surface area contributed by atoms with E-state index in [1.807, 2.05) is 54.6 Å². The molecule has 1 aromatic heterocycles. The fourth-order valence-corrected chi connectivity index (χ4v) is 5.64. The largest absolute Gasteiger partial charge is 0.349 e. The van der Waals surface area contributed by atoms with E-state index >= 15 is 0 Å². The first-order chi connectivity index (χ1) is 17.1. The molecule has 0 fully saturated rings. The van der Waals surface area contributed by atoms with Crippen LogP contribution in [0.3, 0.4) is 0 Å². The van der Waals surface area contributed by atoms with Gasteiger partial charge in [-0.25, -0.2) is 9.37 Å². The Balaban J connectivity index is 1.32. The molecule has 0 radical (unpaired) electrons. The first-order valence-corrected chi connectivity index (χ1v) is 12.8. The van der Waals surface area contributed by atoms with E-state index < -0.39 is 0 Å². The lowest BCUT2D eigenvalue weighted by molar-refractivity contribution is -0.121. The second-order valence-corrected chi connectivity index (χ2v) is 9.82. The van der Waals surface area contributed by atoms with Gasteiger partial charge >= 0.3 is 0 Å². The Morgan fingerprint density at radius 1 is 1.06 bits per heavy atom. The molecular weight excluding hydrogens is 461 g/mol. The van der Waals surface area contributed by atoms with E-state index in [0.717, 1.165) is 45.7 Å². The summed E-state index contributed by atoms with van der Waals surface area (Å²) in [6.45, 7) is 0.535. The molecule has 0 saturated heterocycles. The Bertz CT molecular complexity index is 1420. The number of nitrogens with one attached hydrogen (secondary N) is 1. The van der Waals surface area contributed by atoms with Crippen LogP contribution in [0.1, 0.15) is 35.7 Å². The van der Waals surface area contributed by atoms with Gasteiger partial charge in [0.2, 0.25) is 5.91 Å². The zero-order valence-corrected chi connectivity index (χ0v) is 20.1. The Morgan fingerprint density at radius 3 is 2.71 bits per heavy atom. The molecule has 4 aromatic rings. The lowest BCUT2D eigenvalue weighted by Gasteiger charge is -2.26. The third kappa shape index (κ3) is 5.30. The van der Waals surface area contributed by atoms with Crippen LogP contribution >= 0.6 is 11.8 Å². The predicted molar refractivity (Wildman–Crippen MR) is 137 cm³/mol. The summed E-state index contributed by atoms with van der Waals surface area (Å²) in [6, 6.07) is 22.1. The smallest absolute Gasteiger partial charge is 0.272 e. The van der Waals surface area contributed by atoms with Crippen molar-refractivity contribution in [2.24, 2.45) is 0 Å². The molecule has 5 rings (SSSR count). The highest BCUT2D eigenvalue weighted by Gasteiger charge is 2.23. The van der Waals surface area contributed by atoms with Crippen LogP contribution in [0.2, 0.25) is 0 Å². The van der Waals surface area contributed by atoms with Crippen molar-refractivity contribution < 1.29 is 9.18 Å².